The fourth-order valence-electron chi connectivity index (χ4n) is 2.52. The van der Waals surface area contributed by atoms with Crippen molar-refractivity contribution < 1.29 is 13.5 Å². The monoisotopic (exact) mass is 338 g/mol. The molecule has 0 aliphatic heterocycles. The average molecular weight is 338 g/mol. The predicted molar refractivity (Wildman–Crippen MR) is 92.0 cm³/mol. The van der Waals surface area contributed by atoms with Crippen LogP contribution in [0.1, 0.15) is 55.6 Å². The molecule has 0 bridgehead atoms. The summed E-state index contributed by atoms with van der Waals surface area (Å²) < 4.78 is 35.0. The van der Waals surface area contributed by atoms with Gasteiger partial charge in [0.25, 0.3) is 5.92 Å². The van der Waals surface area contributed by atoms with Crippen LogP contribution in [0.5, 0.6) is 0 Å². The van der Waals surface area contributed by atoms with Crippen molar-refractivity contribution in [2.75, 3.05) is 0 Å². The van der Waals surface area contributed by atoms with Gasteiger partial charge >= 0.3 is 0 Å². The summed E-state index contributed by atoms with van der Waals surface area (Å²) in [7, 11) is 0. The van der Waals surface area contributed by atoms with E-state index in [0.717, 1.165) is 24.8 Å². The number of rotatable bonds is 10. The normalized spacial score (nSPS) is 13.2. The van der Waals surface area contributed by atoms with Crippen molar-refractivity contribution in [3.05, 3.63) is 58.3 Å². The van der Waals surface area contributed by atoms with Crippen LogP contribution < -0.4 is 0 Å². The SMILES string of the molecule is CCCCCCC(F)(F)C(OCc1ccccc1)c1cccs1. The van der Waals surface area contributed by atoms with Crippen molar-refractivity contribution in [3.63, 3.8) is 0 Å². The highest BCUT2D eigenvalue weighted by Gasteiger charge is 2.41. The first-order chi connectivity index (χ1) is 11.1. The maximum atomic E-state index is 14.7. The average Bonchev–Trinajstić information content (AvgIpc) is 3.07. The molecule has 0 fully saturated rings. The first-order valence-electron chi connectivity index (χ1n) is 8.20. The van der Waals surface area contributed by atoms with E-state index in [1.54, 1.807) is 12.1 Å². The van der Waals surface area contributed by atoms with Gasteiger partial charge in [0.15, 0.2) is 6.10 Å². The van der Waals surface area contributed by atoms with E-state index < -0.39 is 12.0 Å². The van der Waals surface area contributed by atoms with Crippen LogP contribution in [0.4, 0.5) is 8.78 Å². The molecule has 2 aromatic rings. The third-order valence-corrected chi connectivity index (χ3v) is 4.72. The second kappa shape index (κ2) is 9.14. The van der Waals surface area contributed by atoms with Crippen molar-refractivity contribution in [1.82, 2.24) is 0 Å². The lowest BCUT2D eigenvalue weighted by Gasteiger charge is -2.26. The number of hydrogen-bond acceptors (Lipinski definition) is 2. The molecule has 0 amide bonds. The van der Waals surface area contributed by atoms with Gasteiger partial charge in [-0.2, -0.15) is 0 Å². The lowest BCUT2D eigenvalue weighted by molar-refractivity contribution is -0.149. The zero-order valence-electron chi connectivity index (χ0n) is 13.5. The Hall–Kier alpha value is -1.26. The number of unbranched alkanes of at least 4 members (excludes halogenated alkanes) is 3. The Morgan fingerprint density at radius 2 is 1.83 bits per heavy atom. The van der Waals surface area contributed by atoms with Crippen molar-refractivity contribution in [2.45, 2.75) is 57.7 Å². The summed E-state index contributed by atoms with van der Waals surface area (Å²) in [5, 5.41) is 1.82. The van der Waals surface area contributed by atoms with Gasteiger partial charge < -0.3 is 4.74 Å². The summed E-state index contributed by atoms with van der Waals surface area (Å²) in [5.74, 6) is -2.84. The Balaban J connectivity index is 2.01. The highest BCUT2D eigenvalue weighted by atomic mass is 32.1. The summed E-state index contributed by atoms with van der Waals surface area (Å²) in [4.78, 5) is 0.599. The van der Waals surface area contributed by atoms with E-state index in [-0.39, 0.29) is 13.0 Å². The standard InChI is InChI=1S/C19H24F2OS/c1-2-3-4-8-13-19(20,21)18(17-12-9-14-23-17)22-15-16-10-6-5-7-11-16/h5-7,9-12,14,18H,2-4,8,13,15H2,1H3. The van der Waals surface area contributed by atoms with Crippen molar-refractivity contribution >= 4 is 11.3 Å². The number of halogens is 2. The molecule has 23 heavy (non-hydrogen) atoms. The molecule has 0 aliphatic carbocycles. The molecular weight excluding hydrogens is 314 g/mol. The predicted octanol–water partition coefficient (Wildman–Crippen LogP) is 6.61. The molecule has 0 N–H and O–H groups in total. The van der Waals surface area contributed by atoms with Gasteiger partial charge in [-0.25, -0.2) is 8.78 Å². The Labute approximate surface area is 141 Å². The zero-order chi connectivity index (χ0) is 16.5. The molecule has 0 spiro atoms. The smallest absolute Gasteiger partial charge is 0.278 e. The molecule has 1 nitrogen and oxygen atoms in total. The summed E-state index contributed by atoms with van der Waals surface area (Å²) in [6.07, 6.45) is 2.16. The van der Waals surface area contributed by atoms with Gasteiger partial charge in [-0.05, 0) is 23.4 Å². The molecule has 1 unspecified atom stereocenters. The molecular formula is C19H24F2OS. The number of thiophene rings is 1. The number of hydrogen-bond donors (Lipinski definition) is 0. The lowest BCUT2D eigenvalue weighted by Crippen LogP contribution is -2.28. The van der Waals surface area contributed by atoms with Gasteiger partial charge in [0, 0.05) is 11.3 Å². The molecule has 1 aromatic heterocycles. The summed E-state index contributed by atoms with van der Waals surface area (Å²) in [6, 6.07) is 13.0. The number of ether oxygens (including phenoxy) is 1. The van der Waals surface area contributed by atoms with Crippen molar-refractivity contribution in [2.24, 2.45) is 0 Å². The fraction of sp³-hybridized carbons (Fsp3) is 0.474. The van der Waals surface area contributed by atoms with Crippen LogP contribution in [0.15, 0.2) is 47.8 Å². The third kappa shape index (κ3) is 5.70. The third-order valence-electron chi connectivity index (χ3n) is 3.81. The highest BCUT2D eigenvalue weighted by molar-refractivity contribution is 7.10. The Bertz CT molecular complexity index is 540. The molecule has 4 heteroatoms. The minimum atomic E-state index is -2.84. The van der Waals surface area contributed by atoms with Crippen molar-refractivity contribution in [1.29, 1.82) is 0 Å². The van der Waals surface area contributed by atoms with Crippen LogP contribution >= 0.6 is 11.3 Å². The first-order valence-corrected chi connectivity index (χ1v) is 9.08. The minimum Gasteiger partial charge on any atom is -0.362 e. The van der Waals surface area contributed by atoms with Gasteiger partial charge in [0.2, 0.25) is 0 Å². The second-order valence-corrected chi connectivity index (χ2v) is 6.74. The van der Waals surface area contributed by atoms with E-state index in [1.165, 1.54) is 11.3 Å². The summed E-state index contributed by atoms with van der Waals surface area (Å²) >= 11 is 1.33. The van der Waals surface area contributed by atoms with Gasteiger partial charge in [-0.15, -0.1) is 11.3 Å². The molecule has 0 saturated heterocycles. The van der Waals surface area contributed by atoms with Gasteiger partial charge in [0.1, 0.15) is 0 Å². The first kappa shape index (κ1) is 18.1. The van der Waals surface area contributed by atoms with Crippen LogP contribution in [0, 0.1) is 0 Å². The van der Waals surface area contributed by atoms with E-state index in [1.807, 2.05) is 35.7 Å². The van der Waals surface area contributed by atoms with E-state index >= 15 is 0 Å². The molecule has 1 aromatic carbocycles. The molecule has 0 radical (unpaired) electrons. The number of benzene rings is 1. The van der Waals surface area contributed by atoms with Gasteiger partial charge in [-0.1, -0.05) is 62.6 Å². The maximum Gasteiger partial charge on any atom is 0.278 e. The highest BCUT2D eigenvalue weighted by Crippen LogP contribution is 2.40. The second-order valence-electron chi connectivity index (χ2n) is 5.76. The maximum absolute atomic E-state index is 14.7. The molecule has 126 valence electrons. The number of alkyl halides is 2. The topological polar surface area (TPSA) is 9.23 Å². The van der Waals surface area contributed by atoms with E-state index in [0.29, 0.717) is 11.3 Å². The Morgan fingerprint density at radius 1 is 1.04 bits per heavy atom. The summed E-state index contributed by atoms with van der Waals surface area (Å²) in [5.41, 5.74) is 0.913. The molecule has 1 heterocycles. The van der Waals surface area contributed by atoms with Crippen LogP contribution in [-0.4, -0.2) is 5.92 Å². The van der Waals surface area contributed by atoms with Crippen LogP contribution in [0.3, 0.4) is 0 Å². The summed E-state index contributed by atoms with van der Waals surface area (Å²) in [6.45, 7) is 2.28. The Kier molecular flexibility index (Phi) is 7.18. The largest absolute Gasteiger partial charge is 0.362 e. The Morgan fingerprint density at radius 3 is 2.48 bits per heavy atom. The quantitative estimate of drug-likeness (QED) is 0.443. The zero-order valence-corrected chi connectivity index (χ0v) is 14.3. The van der Waals surface area contributed by atoms with Crippen LogP contribution in [0.25, 0.3) is 0 Å². The molecule has 0 saturated carbocycles. The van der Waals surface area contributed by atoms with E-state index in [4.69, 9.17) is 4.74 Å². The molecule has 1 atom stereocenters. The van der Waals surface area contributed by atoms with Crippen molar-refractivity contribution in [3.8, 4) is 0 Å². The van der Waals surface area contributed by atoms with Gasteiger partial charge in [0.05, 0.1) is 6.61 Å². The minimum absolute atomic E-state index is 0.121. The lowest BCUT2D eigenvalue weighted by atomic mass is 10.0. The van der Waals surface area contributed by atoms with E-state index in [2.05, 4.69) is 6.92 Å². The van der Waals surface area contributed by atoms with Crippen LogP contribution in [-0.2, 0) is 11.3 Å². The van der Waals surface area contributed by atoms with Gasteiger partial charge in [-0.3, -0.25) is 0 Å². The fourth-order valence-corrected chi connectivity index (χ4v) is 3.36. The van der Waals surface area contributed by atoms with Crippen LogP contribution in [0.2, 0.25) is 0 Å². The molecule has 2 rings (SSSR count). The van der Waals surface area contributed by atoms with E-state index in [9.17, 15) is 8.78 Å². The molecule has 0 aliphatic rings.